The van der Waals surface area contributed by atoms with Gasteiger partial charge in [-0.1, -0.05) is 72.0 Å². The zero-order chi connectivity index (χ0) is 21.8. The quantitative estimate of drug-likeness (QED) is 0.281. The van der Waals surface area contributed by atoms with Crippen molar-refractivity contribution in [2.75, 3.05) is 0 Å². The maximum Gasteiger partial charge on any atom is 0.148 e. The Hall–Kier alpha value is -4.22. The van der Waals surface area contributed by atoms with E-state index >= 15 is 0 Å². The topological polar surface area (TPSA) is 43.9 Å². The van der Waals surface area contributed by atoms with Crippen LogP contribution in [0.15, 0.2) is 108 Å². The molecule has 0 saturated carbocycles. The number of aromatic nitrogens is 3. The van der Waals surface area contributed by atoms with E-state index < -0.39 is 0 Å². The van der Waals surface area contributed by atoms with Crippen molar-refractivity contribution in [2.45, 2.75) is 0 Å². The first-order chi connectivity index (χ1) is 16.4. The molecule has 3 heterocycles. The van der Waals surface area contributed by atoms with Crippen molar-refractivity contribution in [3.63, 3.8) is 0 Å². The van der Waals surface area contributed by atoms with Crippen molar-refractivity contribution in [3.05, 3.63) is 103 Å². The van der Waals surface area contributed by atoms with E-state index in [1.54, 1.807) is 17.6 Å². The fourth-order valence-corrected chi connectivity index (χ4v) is 5.42. The first-order valence-corrected chi connectivity index (χ1v) is 11.6. The third kappa shape index (κ3) is 2.83. The Morgan fingerprint density at radius 3 is 2.36 bits per heavy atom. The standard InChI is InChI=1S/C28H17N3OS/c1-2-7-19(8-3-1)27-29-30-28(33-27)20-9-6-10-21(17-20)31-23-12-5-4-11-22(23)25-24(31)14-13-18-15-16-32-26(18)25/h1-17H. The molecule has 0 spiro atoms. The summed E-state index contributed by atoms with van der Waals surface area (Å²) in [5.41, 5.74) is 6.42. The molecule has 0 bridgehead atoms. The van der Waals surface area contributed by atoms with Gasteiger partial charge in [-0.15, -0.1) is 10.2 Å². The molecular formula is C28H17N3OS. The maximum absolute atomic E-state index is 5.90. The van der Waals surface area contributed by atoms with E-state index in [9.17, 15) is 0 Å². The van der Waals surface area contributed by atoms with Gasteiger partial charge in [0.15, 0.2) is 0 Å². The van der Waals surface area contributed by atoms with Crippen LogP contribution in [0.5, 0.6) is 0 Å². The molecular weight excluding hydrogens is 426 g/mol. The highest BCUT2D eigenvalue weighted by molar-refractivity contribution is 7.17. The fraction of sp³-hybridized carbons (Fsp3) is 0. The molecule has 156 valence electrons. The second-order valence-corrected chi connectivity index (χ2v) is 8.96. The SMILES string of the molecule is c1ccc(-c2nnc(-c3cccc(-n4c5ccccc5c5c6occc6ccc54)c3)s2)cc1. The maximum atomic E-state index is 5.90. The van der Waals surface area contributed by atoms with E-state index in [1.165, 1.54) is 5.39 Å². The third-order valence-corrected chi connectivity index (χ3v) is 7.07. The lowest BCUT2D eigenvalue weighted by Gasteiger charge is -2.09. The van der Waals surface area contributed by atoms with Crippen LogP contribution in [-0.2, 0) is 0 Å². The molecule has 0 radical (unpaired) electrons. The smallest absolute Gasteiger partial charge is 0.148 e. The van der Waals surface area contributed by atoms with Crippen molar-refractivity contribution in [1.82, 2.24) is 14.8 Å². The number of benzene rings is 4. The molecule has 33 heavy (non-hydrogen) atoms. The fourth-order valence-electron chi connectivity index (χ4n) is 4.57. The molecule has 4 nitrogen and oxygen atoms in total. The second kappa shape index (κ2) is 7.15. The van der Waals surface area contributed by atoms with Gasteiger partial charge in [0.05, 0.1) is 22.7 Å². The van der Waals surface area contributed by atoms with Crippen LogP contribution in [0.2, 0.25) is 0 Å². The predicted octanol–water partition coefficient (Wildman–Crippen LogP) is 7.72. The molecule has 4 aromatic carbocycles. The van der Waals surface area contributed by atoms with Crippen LogP contribution in [0.4, 0.5) is 0 Å². The lowest BCUT2D eigenvalue weighted by molar-refractivity contribution is 0.619. The lowest BCUT2D eigenvalue weighted by atomic mass is 10.1. The molecule has 0 aliphatic carbocycles. The van der Waals surface area contributed by atoms with E-state index in [4.69, 9.17) is 4.42 Å². The summed E-state index contributed by atoms with van der Waals surface area (Å²) in [6.45, 7) is 0. The number of furan rings is 1. The Morgan fingerprint density at radius 1 is 0.667 bits per heavy atom. The predicted molar refractivity (Wildman–Crippen MR) is 135 cm³/mol. The van der Waals surface area contributed by atoms with E-state index in [0.29, 0.717) is 0 Å². The number of hydrogen-bond acceptors (Lipinski definition) is 4. The Balaban J connectivity index is 1.43. The summed E-state index contributed by atoms with van der Waals surface area (Å²) in [7, 11) is 0. The van der Waals surface area contributed by atoms with Gasteiger partial charge in [0.25, 0.3) is 0 Å². The largest absolute Gasteiger partial charge is 0.464 e. The highest BCUT2D eigenvalue weighted by Crippen LogP contribution is 2.38. The van der Waals surface area contributed by atoms with Crippen LogP contribution in [0.3, 0.4) is 0 Å². The molecule has 0 atom stereocenters. The van der Waals surface area contributed by atoms with Crippen LogP contribution in [0.25, 0.3) is 59.6 Å². The van der Waals surface area contributed by atoms with Gasteiger partial charge in [-0.05, 0) is 36.4 Å². The van der Waals surface area contributed by atoms with Crippen molar-refractivity contribution in [3.8, 4) is 26.8 Å². The highest BCUT2D eigenvalue weighted by atomic mass is 32.1. The van der Waals surface area contributed by atoms with Crippen LogP contribution < -0.4 is 0 Å². The molecule has 5 heteroatoms. The first-order valence-electron chi connectivity index (χ1n) is 10.8. The van der Waals surface area contributed by atoms with Gasteiger partial charge in [0, 0.05) is 27.6 Å². The summed E-state index contributed by atoms with van der Waals surface area (Å²) < 4.78 is 8.20. The number of nitrogens with zero attached hydrogens (tertiary/aromatic N) is 3. The van der Waals surface area contributed by atoms with Crippen LogP contribution >= 0.6 is 11.3 Å². The van der Waals surface area contributed by atoms with Gasteiger partial charge in [0.1, 0.15) is 15.6 Å². The zero-order valence-corrected chi connectivity index (χ0v) is 18.3. The van der Waals surface area contributed by atoms with Crippen LogP contribution in [-0.4, -0.2) is 14.8 Å². The molecule has 7 aromatic rings. The normalized spacial score (nSPS) is 11.6. The lowest BCUT2D eigenvalue weighted by Crippen LogP contribution is -1.94. The average Bonchev–Trinajstić information content (AvgIpc) is 3.61. The monoisotopic (exact) mass is 443 g/mol. The molecule has 0 aliphatic rings. The minimum absolute atomic E-state index is 0.907. The van der Waals surface area contributed by atoms with Crippen molar-refractivity contribution in [1.29, 1.82) is 0 Å². The average molecular weight is 444 g/mol. The minimum atomic E-state index is 0.907. The molecule has 0 N–H and O–H groups in total. The first kappa shape index (κ1) is 18.4. The summed E-state index contributed by atoms with van der Waals surface area (Å²) in [5, 5.41) is 14.2. The van der Waals surface area contributed by atoms with Crippen molar-refractivity contribution < 1.29 is 4.42 Å². The minimum Gasteiger partial charge on any atom is -0.464 e. The van der Waals surface area contributed by atoms with E-state index in [-0.39, 0.29) is 0 Å². The van der Waals surface area contributed by atoms with Crippen molar-refractivity contribution >= 4 is 44.1 Å². The molecule has 0 fully saturated rings. The summed E-state index contributed by atoms with van der Waals surface area (Å²) in [6.07, 6.45) is 1.76. The Kier molecular flexibility index (Phi) is 3.98. The van der Waals surface area contributed by atoms with E-state index in [0.717, 1.165) is 54.2 Å². The van der Waals surface area contributed by atoms with Gasteiger partial charge >= 0.3 is 0 Å². The van der Waals surface area contributed by atoms with Crippen molar-refractivity contribution in [2.24, 2.45) is 0 Å². The van der Waals surface area contributed by atoms with Crippen LogP contribution in [0.1, 0.15) is 0 Å². The zero-order valence-electron chi connectivity index (χ0n) is 17.5. The third-order valence-electron chi connectivity index (χ3n) is 6.05. The number of rotatable bonds is 3. The molecule has 7 rings (SSSR count). The van der Waals surface area contributed by atoms with Gasteiger partial charge in [-0.3, -0.25) is 0 Å². The molecule has 0 amide bonds. The number of fused-ring (bicyclic) bond motifs is 5. The molecule has 3 aromatic heterocycles. The van der Waals surface area contributed by atoms with Crippen LogP contribution in [0, 0.1) is 0 Å². The molecule has 0 aliphatic heterocycles. The van der Waals surface area contributed by atoms with E-state index in [2.05, 4.69) is 87.6 Å². The van der Waals surface area contributed by atoms with Gasteiger partial charge in [-0.2, -0.15) is 0 Å². The molecule has 0 unspecified atom stereocenters. The van der Waals surface area contributed by atoms with E-state index in [1.807, 2.05) is 24.3 Å². The Morgan fingerprint density at radius 2 is 1.45 bits per heavy atom. The summed E-state index contributed by atoms with van der Waals surface area (Å²) in [5.74, 6) is 0. The second-order valence-electron chi connectivity index (χ2n) is 7.98. The Bertz CT molecular complexity index is 1780. The van der Waals surface area contributed by atoms with Gasteiger partial charge in [0.2, 0.25) is 0 Å². The molecule has 0 saturated heterocycles. The summed E-state index contributed by atoms with van der Waals surface area (Å²) >= 11 is 1.61. The summed E-state index contributed by atoms with van der Waals surface area (Å²) in [4.78, 5) is 0. The number of hydrogen-bond donors (Lipinski definition) is 0. The van der Waals surface area contributed by atoms with Gasteiger partial charge in [-0.25, -0.2) is 0 Å². The Labute approximate surface area is 193 Å². The number of para-hydroxylation sites is 1. The van der Waals surface area contributed by atoms with Gasteiger partial charge < -0.3 is 8.98 Å². The highest BCUT2D eigenvalue weighted by Gasteiger charge is 2.17. The summed E-state index contributed by atoms with van der Waals surface area (Å²) in [6, 6.07) is 33.5.